The molecule has 1 fully saturated rings. The maximum Gasteiger partial charge on any atom is 0.257 e. The Balaban J connectivity index is 1.47. The van der Waals surface area contributed by atoms with Crippen molar-refractivity contribution in [3.05, 3.63) is 71.3 Å². The Hall–Kier alpha value is -3.24. The predicted molar refractivity (Wildman–Crippen MR) is 125 cm³/mol. The van der Waals surface area contributed by atoms with E-state index in [4.69, 9.17) is 4.74 Å². The van der Waals surface area contributed by atoms with Gasteiger partial charge in [0.1, 0.15) is 11.6 Å². The minimum Gasteiger partial charge on any atom is -0.494 e. The highest BCUT2D eigenvalue weighted by Gasteiger charge is 2.32. The van der Waals surface area contributed by atoms with E-state index in [1.807, 2.05) is 6.92 Å². The summed E-state index contributed by atoms with van der Waals surface area (Å²) in [6, 6.07) is 12.2. The molecule has 1 amide bonds. The summed E-state index contributed by atoms with van der Waals surface area (Å²) in [5, 5.41) is 4.47. The maximum absolute atomic E-state index is 13.3. The number of amides is 1. The van der Waals surface area contributed by atoms with Crippen molar-refractivity contribution < 1.29 is 22.3 Å². The molecule has 0 bridgehead atoms. The van der Waals surface area contributed by atoms with Crippen molar-refractivity contribution >= 4 is 15.9 Å². The van der Waals surface area contributed by atoms with Crippen molar-refractivity contribution in [2.75, 3.05) is 32.8 Å². The molecule has 4 rings (SSSR count). The maximum atomic E-state index is 13.3. The van der Waals surface area contributed by atoms with Crippen molar-refractivity contribution in [3.8, 4) is 11.4 Å². The van der Waals surface area contributed by atoms with Crippen LogP contribution in [0.5, 0.6) is 5.75 Å². The smallest absolute Gasteiger partial charge is 0.257 e. The molecule has 0 spiro atoms. The summed E-state index contributed by atoms with van der Waals surface area (Å²) in [6.07, 6.45) is 0. The molecule has 34 heavy (non-hydrogen) atoms. The van der Waals surface area contributed by atoms with Gasteiger partial charge in [-0.3, -0.25) is 4.79 Å². The molecule has 0 aliphatic carbocycles. The van der Waals surface area contributed by atoms with Gasteiger partial charge < -0.3 is 9.64 Å². The first-order valence-electron chi connectivity index (χ1n) is 11.1. The number of aromatic nitrogens is 2. The first kappa shape index (κ1) is 23.9. The van der Waals surface area contributed by atoms with Gasteiger partial charge in [-0.15, -0.1) is 0 Å². The fourth-order valence-corrected chi connectivity index (χ4v) is 5.52. The quantitative estimate of drug-likeness (QED) is 0.534. The number of carbonyl (C=O) groups is 1. The second-order valence-electron chi connectivity index (χ2n) is 8.03. The zero-order chi connectivity index (χ0) is 24.5. The van der Waals surface area contributed by atoms with Crippen LogP contribution in [0.4, 0.5) is 4.39 Å². The number of benzene rings is 2. The Bertz CT molecular complexity index is 1280. The molecule has 0 radical (unpaired) electrons. The molecule has 1 saturated heterocycles. The molecule has 180 valence electrons. The normalized spacial score (nSPS) is 14.9. The van der Waals surface area contributed by atoms with Crippen LogP contribution in [0.2, 0.25) is 0 Å². The second kappa shape index (κ2) is 9.55. The number of hydrogen-bond acceptors (Lipinski definition) is 5. The SMILES string of the molecule is CCOc1ccc(S(=O)(=O)N2CCN(C(=O)c3c(C)nn(-c4ccc(F)cc4)c3C)CC2)cc1. The summed E-state index contributed by atoms with van der Waals surface area (Å²) in [5.41, 5.74) is 2.36. The van der Waals surface area contributed by atoms with E-state index in [9.17, 15) is 17.6 Å². The van der Waals surface area contributed by atoms with Crippen LogP contribution >= 0.6 is 0 Å². The third-order valence-electron chi connectivity index (χ3n) is 5.87. The third kappa shape index (κ3) is 4.55. The standard InChI is InChI=1S/C24H27FN4O4S/c1-4-33-21-9-11-22(12-10-21)34(31,32)28-15-13-27(14-16-28)24(30)23-17(2)26-29(18(23)3)20-7-5-19(25)6-8-20/h5-12H,4,13-16H2,1-3H3. The van der Waals surface area contributed by atoms with Crippen LogP contribution in [0, 0.1) is 19.7 Å². The molecular formula is C24H27FN4O4S. The van der Waals surface area contributed by atoms with Crippen molar-refractivity contribution in [1.29, 1.82) is 0 Å². The highest BCUT2D eigenvalue weighted by atomic mass is 32.2. The van der Waals surface area contributed by atoms with Crippen molar-refractivity contribution in [1.82, 2.24) is 19.0 Å². The molecule has 0 N–H and O–H groups in total. The van der Waals surface area contributed by atoms with Gasteiger partial charge in [0.15, 0.2) is 0 Å². The lowest BCUT2D eigenvalue weighted by Crippen LogP contribution is -2.50. The number of hydrogen-bond donors (Lipinski definition) is 0. The van der Waals surface area contributed by atoms with E-state index in [0.717, 1.165) is 0 Å². The summed E-state index contributed by atoms with van der Waals surface area (Å²) in [4.78, 5) is 15.1. The number of piperazine rings is 1. The van der Waals surface area contributed by atoms with Gasteiger partial charge in [0.05, 0.1) is 34.1 Å². The van der Waals surface area contributed by atoms with E-state index in [-0.39, 0.29) is 42.8 Å². The molecule has 0 unspecified atom stereocenters. The Morgan fingerprint density at radius 1 is 1.00 bits per heavy atom. The average molecular weight is 487 g/mol. The van der Waals surface area contributed by atoms with Gasteiger partial charge in [0.25, 0.3) is 5.91 Å². The molecule has 8 nitrogen and oxygen atoms in total. The number of carbonyl (C=O) groups excluding carboxylic acids is 1. The Kier molecular flexibility index (Phi) is 6.72. The molecule has 1 aliphatic rings. The van der Waals surface area contributed by atoms with Crippen molar-refractivity contribution in [2.45, 2.75) is 25.7 Å². The summed E-state index contributed by atoms with van der Waals surface area (Å²) in [6.45, 7) is 6.87. The molecule has 2 aromatic carbocycles. The highest BCUT2D eigenvalue weighted by Crippen LogP contribution is 2.23. The zero-order valence-electron chi connectivity index (χ0n) is 19.4. The minimum absolute atomic E-state index is 0.193. The number of rotatable bonds is 6. The summed E-state index contributed by atoms with van der Waals surface area (Å²) in [7, 11) is -3.67. The highest BCUT2D eigenvalue weighted by molar-refractivity contribution is 7.89. The average Bonchev–Trinajstić information content (AvgIpc) is 3.13. The summed E-state index contributed by atoms with van der Waals surface area (Å²) < 4.78 is 47.8. The molecule has 1 aliphatic heterocycles. The van der Waals surface area contributed by atoms with Gasteiger partial charge in [0.2, 0.25) is 10.0 Å². The summed E-state index contributed by atoms with van der Waals surface area (Å²) in [5.74, 6) is 0.0740. The van der Waals surface area contributed by atoms with Gasteiger partial charge >= 0.3 is 0 Å². The second-order valence-corrected chi connectivity index (χ2v) is 9.97. The Morgan fingerprint density at radius 2 is 1.62 bits per heavy atom. The van der Waals surface area contributed by atoms with E-state index in [2.05, 4.69) is 5.10 Å². The largest absolute Gasteiger partial charge is 0.494 e. The molecule has 1 aromatic heterocycles. The Morgan fingerprint density at radius 3 is 2.21 bits per heavy atom. The van der Waals surface area contributed by atoms with E-state index in [1.165, 1.54) is 28.6 Å². The summed E-state index contributed by atoms with van der Waals surface area (Å²) >= 11 is 0. The van der Waals surface area contributed by atoms with Gasteiger partial charge in [-0.1, -0.05) is 0 Å². The van der Waals surface area contributed by atoms with Crippen LogP contribution in [0.15, 0.2) is 53.4 Å². The topological polar surface area (TPSA) is 84.7 Å². The monoisotopic (exact) mass is 486 g/mol. The molecule has 2 heterocycles. The van der Waals surface area contributed by atoms with Crippen LogP contribution in [-0.4, -0.2) is 66.1 Å². The van der Waals surface area contributed by atoms with Crippen molar-refractivity contribution in [2.24, 2.45) is 0 Å². The molecular weight excluding hydrogens is 459 g/mol. The fraction of sp³-hybridized carbons (Fsp3) is 0.333. The van der Waals surface area contributed by atoms with E-state index < -0.39 is 10.0 Å². The van der Waals surface area contributed by atoms with E-state index in [0.29, 0.717) is 35.0 Å². The molecule has 0 saturated carbocycles. The van der Waals surface area contributed by atoms with Gasteiger partial charge in [-0.25, -0.2) is 17.5 Å². The minimum atomic E-state index is -3.67. The molecule has 0 atom stereocenters. The van der Waals surface area contributed by atoms with Gasteiger partial charge in [0, 0.05) is 26.2 Å². The number of aryl methyl sites for hydroxylation is 1. The van der Waals surface area contributed by atoms with Crippen LogP contribution < -0.4 is 4.74 Å². The fourth-order valence-electron chi connectivity index (χ4n) is 4.10. The lowest BCUT2D eigenvalue weighted by atomic mass is 10.1. The Labute approximate surface area is 198 Å². The van der Waals surface area contributed by atoms with Crippen molar-refractivity contribution in [3.63, 3.8) is 0 Å². The number of sulfonamides is 1. The van der Waals surface area contributed by atoms with E-state index in [1.54, 1.807) is 47.7 Å². The number of halogens is 1. The molecule has 3 aromatic rings. The van der Waals surface area contributed by atoms with Gasteiger partial charge in [-0.2, -0.15) is 9.40 Å². The lowest BCUT2D eigenvalue weighted by molar-refractivity contribution is 0.0696. The number of nitrogens with zero attached hydrogens (tertiary/aromatic N) is 4. The zero-order valence-corrected chi connectivity index (χ0v) is 20.2. The third-order valence-corrected chi connectivity index (χ3v) is 7.79. The van der Waals surface area contributed by atoms with Gasteiger partial charge in [-0.05, 0) is 69.3 Å². The van der Waals surface area contributed by atoms with Crippen LogP contribution in [0.3, 0.4) is 0 Å². The van der Waals surface area contributed by atoms with Crippen LogP contribution in [-0.2, 0) is 10.0 Å². The number of ether oxygens (including phenoxy) is 1. The molecule has 10 heteroatoms. The van der Waals surface area contributed by atoms with E-state index >= 15 is 0 Å². The van der Waals surface area contributed by atoms with Crippen LogP contribution in [0.25, 0.3) is 5.69 Å². The lowest BCUT2D eigenvalue weighted by Gasteiger charge is -2.34. The first-order chi connectivity index (χ1) is 16.2. The predicted octanol–water partition coefficient (Wildman–Crippen LogP) is 3.17. The van der Waals surface area contributed by atoms with Crippen LogP contribution in [0.1, 0.15) is 28.7 Å². The first-order valence-corrected chi connectivity index (χ1v) is 12.5.